The summed E-state index contributed by atoms with van der Waals surface area (Å²) in [7, 11) is 3.37. The van der Waals surface area contributed by atoms with Gasteiger partial charge in [0.2, 0.25) is 5.91 Å². The first kappa shape index (κ1) is 18.3. The van der Waals surface area contributed by atoms with Crippen LogP contribution in [-0.2, 0) is 4.79 Å². The second kappa shape index (κ2) is 6.83. The number of carbonyl (C=O) groups excluding carboxylic acids is 1. The van der Waals surface area contributed by atoms with E-state index >= 15 is 0 Å². The number of aromatic nitrogens is 3. The Balaban J connectivity index is 2.00. The van der Waals surface area contributed by atoms with Crippen LogP contribution in [0.25, 0.3) is 20.4 Å². The number of hydrogen-bond acceptors (Lipinski definition) is 5. The Hall–Kier alpha value is -3.06. The van der Waals surface area contributed by atoms with Crippen LogP contribution in [0.1, 0.15) is 22.9 Å². The minimum atomic E-state index is -0.762. The number of aryl methyl sites for hydroxylation is 2. The number of rotatable bonds is 3. The molecule has 0 N–H and O–H groups in total. The molecule has 0 bridgehead atoms. The van der Waals surface area contributed by atoms with Crippen molar-refractivity contribution in [2.75, 3.05) is 14.1 Å². The van der Waals surface area contributed by atoms with E-state index in [1.54, 1.807) is 14.1 Å². The van der Waals surface area contributed by atoms with Crippen LogP contribution in [0.2, 0.25) is 0 Å². The summed E-state index contributed by atoms with van der Waals surface area (Å²) in [5, 5.41) is 0.907. The molecule has 0 saturated carbocycles. The molecule has 1 aromatic carbocycles. The van der Waals surface area contributed by atoms with E-state index in [-0.39, 0.29) is 11.5 Å². The largest absolute Gasteiger partial charge is 0.347 e. The first-order chi connectivity index (χ1) is 13.4. The number of fused-ring (bicyclic) bond motifs is 3. The summed E-state index contributed by atoms with van der Waals surface area (Å²) in [6.45, 7) is 3.93. The maximum atomic E-state index is 13.4. The number of hydrogen-bond donors (Lipinski definition) is 0. The number of benzene rings is 1. The third-order valence-electron chi connectivity index (χ3n) is 4.77. The molecule has 142 valence electrons. The average molecular weight is 392 g/mol. The summed E-state index contributed by atoms with van der Waals surface area (Å²) in [5.41, 5.74) is 3.12. The topological polar surface area (TPSA) is 68.1 Å². The van der Waals surface area contributed by atoms with Crippen molar-refractivity contribution < 1.29 is 4.79 Å². The summed E-state index contributed by atoms with van der Waals surface area (Å²) in [5.74, 6) is -0.180. The van der Waals surface area contributed by atoms with Crippen molar-refractivity contribution >= 4 is 37.7 Å². The first-order valence-corrected chi connectivity index (χ1v) is 9.74. The molecule has 0 aliphatic heterocycles. The fraction of sp³-hybridized carbons (Fsp3) is 0.238. The van der Waals surface area contributed by atoms with Gasteiger partial charge in [-0.1, -0.05) is 30.3 Å². The van der Waals surface area contributed by atoms with Crippen molar-refractivity contribution in [3.05, 3.63) is 69.9 Å². The van der Waals surface area contributed by atoms with Crippen LogP contribution in [0.5, 0.6) is 0 Å². The van der Waals surface area contributed by atoms with Crippen molar-refractivity contribution in [2.24, 2.45) is 0 Å². The molecule has 28 heavy (non-hydrogen) atoms. The summed E-state index contributed by atoms with van der Waals surface area (Å²) in [4.78, 5) is 37.7. The summed E-state index contributed by atoms with van der Waals surface area (Å²) >= 11 is 1.33. The van der Waals surface area contributed by atoms with E-state index in [2.05, 4.69) is 9.97 Å². The summed E-state index contributed by atoms with van der Waals surface area (Å²) in [6.07, 6.45) is 1.48. The number of amides is 1. The van der Waals surface area contributed by atoms with Gasteiger partial charge in [-0.05, 0) is 31.0 Å². The van der Waals surface area contributed by atoms with E-state index in [0.29, 0.717) is 10.2 Å². The van der Waals surface area contributed by atoms with Gasteiger partial charge in [-0.15, -0.1) is 11.3 Å². The highest BCUT2D eigenvalue weighted by atomic mass is 32.1. The quantitative estimate of drug-likeness (QED) is 0.536. The second-order valence-electron chi connectivity index (χ2n) is 7.04. The van der Waals surface area contributed by atoms with Gasteiger partial charge in [0.15, 0.2) is 0 Å². The lowest BCUT2D eigenvalue weighted by Crippen LogP contribution is -2.37. The molecule has 4 rings (SSSR count). The molecule has 1 atom stereocenters. The maximum Gasteiger partial charge on any atom is 0.272 e. The molecule has 4 aromatic rings. The smallest absolute Gasteiger partial charge is 0.272 e. The SMILES string of the molecule is Cc1cc(C)c2c(n1)sc1c(=O)n(C(C(=O)N(C)C)c3ccccc3)cnc12. The highest BCUT2D eigenvalue weighted by molar-refractivity contribution is 7.25. The predicted octanol–water partition coefficient (Wildman–Crippen LogP) is 3.30. The van der Waals surface area contributed by atoms with Crippen molar-refractivity contribution in [3.63, 3.8) is 0 Å². The lowest BCUT2D eigenvalue weighted by Gasteiger charge is -2.22. The molecule has 0 fully saturated rings. The zero-order valence-corrected chi connectivity index (χ0v) is 16.9. The number of likely N-dealkylation sites (N-methyl/N-ethyl adjacent to an activating group) is 1. The van der Waals surface area contributed by atoms with E-state index < -0.39 is 6.04 Å². The van der Waals surface area contributed by atoms with Gasteiger partial charge in [0, 0.05) is 25.2 Å². The van der Waals surface area contributed by atoms with Gasteiger partial charge in [-0.3, -0.25) is 14.2 Å². The molecule has 0 saturated heterocycles. The number of pyridine rings is 1. The van der Waals surface area contributed by atoms with E-state index in [1.807, 2.05) is 50.2 Å². The van der Waals surface area contributed by atoms with Gasteiger partial charge in [-0.25, -0.2) is 9.97 Å². The van der Waals surface area contributed by atoms with Crippen LogP contribution >= 0.6 is 11.3 Å². The van der Waals surface area contributed by atoms with Crippen molar-refractivity contribution in [1.82, 2.24) is 19.4 Å². The van der Waals surface area contributed by atoms with Crippen LogP contribution in [-0.4, -0.2) is 39.4 Å². The summed E-state index contributed by atoms with van der Waals surface area (Å²) in [6, 6.07) is 10.5. The Morgan fingerprint density at radius 1 is 1.18 bits per heavy atom. The number of nitrogens with zero attached hydrogens (tertiary/aromatic N) is 4. The van der Waals surface area contributed by atoms with Gasteiger partial charge in [0.05, 0.1) is 11.8 Å². The lowest BCUT2D eigenvalue weighted by atomic mass is 10.1. The van der Waals surface area contributed by atoms with Crippen LogP contribution in [0.15, 0.2) is 47.5 Å². The van der Waals surface area contributed by atoms with Gasteiger partial charge in [0.1, 0.15) is 15.6 Å². The van der Waals surface area contributed by atoms with Crippen molar-refractivity contribution in [2.45, 2.75) is 19.9 Å². The van der Waals surface area contributed by atoms with E-state index in [9.17, 15) is 9.59 Å². The molecule has 1 unspecified atom stereocenters. The molecule has 0 aliphatic rings. The van der Waals surface area contributed by atoms with Gasteiger partial charge in [-0.2, -0.15) is 0 Å². The van der Waals surface area contributed by atoms with Crippen molar-refractivity contribution in [3.8, 4) is 0 Å². The Labute approximate surface area is 166 Å². The molecule has 0 radical (unpaired) electrons. The lowest BCUT2D eigenvalue weighted by molar-refractivity contribution is -0.131. The van der Waals surface area contributed by atoms with Crippen LogP contribution in [0, 0.1) is 13.8 Å². The van der Waals surface area contributed by atoms with Crippen molar-refractivity contribution in [1.29, 1.82) is 0 Å². The van der Waals surface area contributed by atoms with Crippen LogP contribution < -0.4 is 5.56 Å². The average Bonchev–Trinajstić information content (AvgIpc) is 3.04. The molecule has 7 heteroatoms. The normalized spacial score (nSPS) is 12.4. The van der Waals surface area contributed by atoms with Crippen LogP contribution in [0.3, 0.4) is 0 Å². The monoisotopic (exact) mass is 392 g/mol. The van der Waals surface area contributed by atoms with E-state index in [1.165, 1.54) is 27.1 Å². The Morgan fingerprint density at radius 3 is 2.57 bits per heavy atom. The standard InChI is InChI=1S/C21H20N4O2S/c1-12-10-13(2)23-19-15(12)16-18(28-19)21(27)25(11-22-16)17(20(26)24(3)4)14-8-6-5-7-9-14/h5-11,17H,1-4H3. The Bertz CT molecular complexity index is 1260. The van der Waals surface area contributed by atoms with Gasteiger partial charge in [0.25, 0.3) is 5.56 Å². The maximum absolute atomic E-state index is 13.4. The minimum absolute atomic E-state index is 0.180. The molecular formula is C21H20N4O2S. The Kier molecular flexibility index (Phi) is 4.47. The number of thiophene rings is 1. The molecule has 0 spiro atoms. The molecule has 3 aromatic heterocycles. The summed E-state index contributed by atoms with van der Waals surface area (Å²) < 4.78 is 1.95. The zero-order chi connectivity index (χ0) is 20.0. The predicted molar refractivity (Wildman–Crippen MR) is 112 cm³/mol. The highest BCUT2D eigenvalue weighted by Crippen LogP contribution is 2.32. The molecule has 0 aliphatic carbocycles. The highest BCUT2D eigenvalue weighted by Gasteiger charge is 2.27. The molecular weight excluding hydrogens is 372 g/mol. The third kappa shape index (κ3) is 2.88. The van der Waals surface area contributed by atoms with Gasteiger partial charge >= 0.3 is 0 Å². The zero-order valence-electron chi connectivity index (χ0n) is 16.1. The first-order valence-electron chi connectivity index (χ1n) is 8.92. The van der Waals surface area contributed by atoms with E-state index in [4.69, 9.17) is 0 Å². The second-order valence-corrected chi connectivity index (χ2v) is 8.04. The molecule has 3 heterocycles. The third-order valence-corrected chi connectivity index (χ3v) is 5.83. The van der Waals surface area contributed by atoms with Crippen LogP contribution in [0.4, 0.5) is 0 Å². The Morgan fingerprint density at radius 2 is 1.89 bits per heavy atom. The fourth-order valence-corrected chi connectivity index (χ4v) is 4.65. The fourth-order valence-electron chi connectivity index (χ4n) is 3.47. The van der Waals surface area contributed by atoms with E-state index in [0.717, 1.165) is 27.0 Å². The minimum Gasteiger partial charge on any atom is -0.347 e. The van der Waals surface area contributed by atoms with Gasteiger partial charge < -0.3 is 4.90 Å². The molecule has 6 nitrogen and oxygen atoms in total. The number of carbonyl (C=O) groups is 1. The molecule has 1 amide bonds.